The largest absolute Gasteiger partial charge is 0.335 e. The summed E-state index contributed by atoms with van der Waals surface area (Å²) in [6.45, 7) is 4.91. The van der Waals surface area contributed by atoms with Crippen LogP contribution in [0.5, 0.6) is 0 Å². The van der Waals surface area contributed by atoms with Crippen LogP contribution in [-0.4, -0.2) is 15.7 Å². The van der Waals surface area contributed by atoms with Crippen molar-refractivity contribution in [1.82, 2.24) is 9.71 Å². The van der Waals surface area contributed by atoms with Crippen LogP contribution >= 0.6 is 24.0 Å². The molecule has 0 aliphatic rings. The number of imidazole rings is 1. The van der Waals surface area contributed by atoms with E-state index in [1.54, 1.807) is 12.3 Å². The van der Waals surface area contributed by atoms with E-state index in [2.05, 4.69) is 11.6 Å². The molecule has 0 atom stereocenters. The standard InChI is InChI=1S/C9H11ClN2O2.ClH/c1-3-4-9-11-6-8(5-10)12(9)14-7(2)13;/h3,6H,1,4-5H2,2H3;1H. The second-order valence-electron chi connectivity index (χ2n) is 2.67. The lowest BCUT2D eigenvalue weighted by atomic mass is 10.4. The van der Waals surface area contributed by atoms with Crippen LogP contribution in [0.1, 0.15) is 18.4 Å². The Hall–Kier alpha value is -1.000. The normalized spacial score (nSPS) is 9.20. The smallest absolute Gasteiger partial charge is 0.329 e. The third-order valence-corrected chi connectivity index (χ3v) is 1.82. The maximum atomic E-state index is 10.8. The summed E-state index contributed by atoms with van der Waals surface area (Å²) in [5, 5.41) is 0. The molecule has 0 fully saturated rings. The van der Waals surface area contributed by atoms with Gasteiger partial charge in [-0.1, -0.05) is 6.08 Å². The van der Waals surface area contributed by atoms with Crippen LogP contribution in [0.3, 0.4) is 0 Å². The summed E-state index contributed by atoms with van der Waals surface area (Å²) in [5.74, 6) is 0.461. The first-order chi connectivity index (χ1) is 6.69. The molecule has 0 aliphatic heterocycles. The molecule has 1 heterocycles. The zero-order valence-corrected chi connectivity index (χ0v) is 9.85. The van der Waals surface area contributed by atoms with Crippen molar-refractivity contribution in [3.8, 4) is 0 Å². The average molecular weight is 251 g/mol. The van der Waals surface area contributed by atoms with Gasteiger partial charge in [0.2, 0.25) is 0 Å². The summed E-state index contributed by atoms with van der Waals surface area (Å²) < 4.78 is 1.34. The molecular formula is C9H12Cl2N2O2. The molecule has 84 valence electrons. The molecule has 0 bridgehead atoms. The van der Waals surface area contributed by atoms with Gasteiger partial charge in [-0.3, -0.25) is 0 Å². The Balaban J connectivity index is 0.00000196. The number of halogens is 2. The fourth-order valence-corrected chi connectivity index (χ4v) is 1.19. The highest BCUT2D eigenvalue weighted by Gasteiger charge is 2.10. The van der Waals surface area contributed by atoms with Crippen LogP contribution in [0.15, 0.2) is 18.9 Å². The number of rotatable bonds is 4. The quantitative estimate of drug-likeness (QED) is 0.604. The van der Waals surface area contributed by atoms with Gasteiger partial charge in [0.25, 0.3) is 0 Å². The molecule has 0 N–H and O–H groups in total. The van der Waals surface area contributed by atoms with Gasteiger partial charge >= 0.3 is 5.97 Å². The van der Waals surface area contributed by atoms with Gasteiger partial charge in [0.05, 0.1) is 17.8 Å². The van der Waals surface area contributed by atoms with Crippen LogP contribution < -0.4 is 4.84 Å². The molecule has 1 rings (SSSR count). The van der Waals surface area contributed by atoms with Gasteiger partial charge < -0.3 is 4.84 Å². The first kappa shape index (κ1) is 14.0. The van der Waals surface area contributed by atoms with Crippen LogP contribution in [0.25, 0.3) is 0 Å². The second-order valence-corrected chi connectivity index (χ2v) is 2.94. The van der Waals surface area contributed by atoms with E-state index in [0.717, 1.165) is 0 Å². The molecular weight excluding hydrogens is 239 g/mol. The number of nitrogens with zero attached hydrogens (tertiary/aromatic N) is 2. The second kappa shape index (κ2) is 6.48. The molecule has 1 aromatic heterocycles. The molecule has 15 heavy (non-hydrogen) atoms. The Morgan fingerprint density at radius 3 is 2.93 bits per heavy atom. The van der Waals surface area contributed by atoms with E-state index in [1.165, 1.54) is 11.7 Å². The van der Waals surface area contributed by atoms with Gasteiger partial charge in [-0.2, -0.15) is 4.73 Å². The minimum absolute atomic E-state index is 0. The molecule has 0 saturated carbocycles. The number of hydrogen-bond acceptors (Lipinski definition) is 3. The number of alkyl halides is 1. The van der Waals surface area contributed by atoms with Crippen molar-refractivity contribution in [1.29, 1.82) is 0 Å². The van der Waals surface area contributed by atoms with Gasteiger partial charge in [0.1, 0.15) is 5.82 Å². The first-order valence-corrected chi connectivity index (χ1v) is 4.63. The van der Waals surface area contributed by atoms with Gasteiger partial charge in [-0.05, 0) is 0 Å². The van der Waals surface area contributed by atoms with Crippen molar-refractivity contribution in [2.45, 2.75) is 19.2 Å². The van der Waals surface area contributed by atoms with Crippen LogP contribution in [0.4, 0.5) is 0 Å². The molecule has 4 nitrogen and oxygen atoms in total. The monoisotopic (exact) mass is 250 g/mol. The topological polar surface area (TPSA) is 44.1 Å². The highest BCUT2D eigenvalue weighted by molar-refractivity contribution is 6.16. The molecule has 0 saturated heterocycles. The van der Waals surface area contributed by atoms with Crippen molar-refractivity contribution in [3.05, 3.63) is 30.4 Å². The first-order valence-electron chi connectivity index (χ1n) is 4.10. The third kappa shape index (κ3) is 3.57. The SMILES string of the molecule is C=CCc1ncc(CCl)n1OC(C)=O.Cl. The van der Waals surface area contributed by atoms with E-state index in [-0.39, 0.29) is 18.3 Å². The van der Waals surface area contributed by atoms with Gasteiger partial charge in [0, 0.05) is 13.3 Å². The summed E-state index contributed by atoms with van der Waals surface area (Å²) in [4.78, 5) is 19.8. The molecule has 0 radical (unpaired) electrons. The molecule has 1 aromatic rings. The van der Waals surface area contributed by atoms with Gasteiger partial charge in [-0.25, -0.2) is 9.78 Å². The number of carbonyl (C=O) groups excluding carboxylic acids is 1. The Bertz CT molecular complexity index is 350. The minimum atomic E-state index is -0.403. The Kier molecular flexibility index (Phi) is 6.05. The molecule has 0 spiro atoms. The highest BCUT2D eigenvalue weighted by Crippen LogP contribution is 2.07. The van der Waals surface area contributed by atoms with E-state index in [9.17, 15) is 4.79 Å². The molecule has 0 aromatic carbocycles. The Morgan fingerprint density at radius 2 is 2.47 bits per heavy atom. The summed E-state index contributed by atoms with van der Waals surface area (Å²) in [7, 11) is 0. The van der Waals surface area contributed by atoms with Crippen molar-refractivity contribution in [3.63, 3.8) is 0 Å². The fraction of sp³-hybridized carbons (Fsp3) is 0.333. The van der Waals surface area contributed by atoms with Gasteiger partial charge in [-0.15, -0.1) is 30.6 Å². The number of hydrogen-bond donors (Lipinski definition) is 0. The summed E-state index contributed by atoms with van der Waals surface area (Å²) in [6.07, 6.45) is 3.79. The predicted molar refractivity (Wildman–Crippen MR) is 60.2 cm³/mol. The lowest BCUT2D eigenvalue weighted by Crippen LogP contribution is -2.20. The molecule has 6 heteroatoms. The fourth-order valence-electron chi connectivity index (χ4n) is 1.01. The minimum Gasteiger partial charge on any atom is -0.335 e. The van der Waals surface area contributed by atoms with E-state index in [4.69, 9.17) is 16.4 Å². The Labute approximate surface area is 99.3 Å². The van der Waals surface area contributed by atoms with Crippen LogP contribution in [0, 0.1) is 0 Å². The van der Waals surface area contributed by atoms with Crippen molar-refractivity contribution in [2.24, 2.45) is 0 Å². The van der Waals surface area contributed by atoms with Crippen molar-refractivity contribution in [2.75, 3.05) is 0 Å². The number of aromatic nitrogens is 2. The zero-order valence-electron chi connectivity index (χ0n) is 8.27. The van der Waals surface area contributed by atoms with Crippen molar-refractivity contribution < 1.29 is 9.63 Å². The third-order valence-electron chi connectivity index (χ3n) is 1.54. The van der Waals surface area contributed by atoms with Gasteiger partial charge in [0.15, 0.2) is 0 Å². The zero-order chi connectivity index (χ0) is 10.6. The Morgan fingerprint density at radius 1 is 1.80 bits per heavy atom. The number of carbonyl (C=O) groups is 1. The predicted octanol–water partition coefficient (Wildman–Crippen LogP) is 1.75. The maximum Gasteiger partial charge on any atom is 0.329 e. The summed E-state index contributed by atoms with van der Waals surface area (Å²) >= 11 is 5.65. The van der Waals surface area contributed by atoms with E-state index in [1.807, 2.05) is 0 Å². The van der Waals surface area contributed by atoms with Crippen LogP contribution in [-0.2, 0) is 17.1 Å². The van der Waals surface area contributed by atoms with E-state index < -0.39 is 5.97 Å². The number of allylic oxidation sites excluding steroid dienone is 1. The molecule has 0 unspecified atom stereocenters. The van der Waals surface area contributed by atoms with Crippen molar-refractivity contribution >= 4 is 30.0 Å². The highest BCUT2D eigenvalue weighted by atomic mass is 35.5. The van der Waals surface area contributed by atoms with E-state index >= 15 is 0 Å². The molecule has 0 aliphatic carbocycles. The van der Waals surface area contributed by atoms with E-state index in [0.29, 0.717) is 17.9 Å². The lowest BCUT2D eigenvalue weighted by Gasteiger charge is -2.07. The van der Waals surface area contributed by atoms with Crippen LogP contribution in [0.2, 0.25) is 0 Å². The summed E-state index contributed by atoms with van der Waals surface area (Å²) in [6, 6.07) is 0. The maximum absolute atomic E-state index is 10.8. The lowest BCUT2D eigenvalue weighted by molar-refractivity contribution is -0.142. The average Bonchev–Trinajstić information content (AvgIpc) is 2.48. The molecule has 0 amide bonds. The summed E-state index contributed by atoms with van der Waals surface area (Å²) in [5.41, 5.74) is 0.652.